The summed E-state index contributed by atoms with van der Waals surface area (Å²) in [5.41, 5.74) is 2.14. The van der Waals surface area contributed by atoms with Crippen LogP contribution in [0.2, 0.25) is 0 Å². The van der Waals surface area contributed by atoms with Crippen molar-refractivity contribution in [2.45, 2.75) is 39.2 Å². The summed E-state index contributed by atoms with van der Waals surface area (Å²) < 4.78 is 35.5. The summed E-state index contributed by atoms with van der Waals surface area (Å²) in [5, 5.41) is 2.51. The van der Waals surface area contributed by atoms with Crippen LogP contribution in [0.5, 0.6) is 0 Å². The first-order valence-electron chi connectivity index (χ1n) is 11.8. The third-order valence-corrected chi connectivity index (χ3v) is 6.76. The highest BCUT2D eigenvalue weighted by Gasteiger charge is 2.26. The van der Waals surface area contributed by atoms with Gasteiger partial charge in [-0.2, -0.15) is 0 Å². The maximum atomic E-state index is 13.9. The highest BCUT2D eigenvalue weighted by Crippen LogP contribution is 2.36. The maximum absolute atomic E-state index is 13.9. The van der Waals surface area contributed by atoms with Crippen molar-refractivity contribution in [2.75, 3.05) is 5.32 Å². The molecule has 0 spiro atoms. The molecular formula is C27H26F2N4O2. The number of carbonyl (C=O) groups is 1. The Balaban J connectivity index is 1.49. The number of benzene rings is 1. The molecule has 35 heavy (non-hydrogen) atoms. The average molecular weight is 477 g/mol. The lowest BCUT2D eigenvalue weighted by Gasteiger charge is -2.29. The summed E-state index contributed by atoms with van der Waals surface area (Å²) in [6, 6.07) is 10.8. The van der Waals surface area contributed by atoms with E-state index in [-0.39, 0.29) is 17.3 Å². The van der Waals surface area contributed by atoms with Gasteiger partial charge >= 0.3 is 0 Å². The lowest BCUT2D eigenvalue weighted by molar-refractivity contribution is 0.0997. The van der Waals surface area contributed by atoms with Gasteiger partial charge in [0.1, 0.15) is 11.5 Å². The number of nitrogens with one attached hydrogen (secondary N) is 1. The largest absolute Gasteiger partial charge is 0.449 e. The molecule has 0 aliphatic heterocycles. The van der Waals surface area contributed by atoms with Crippen molar-refractivity contribution in [2.24, 2.45) is 11.8 Å². The molecule has 0 bridgehead atoms. The molecule has 1 saturated carbocycles. The number of pyridine rings is 1. The molecule has 180 valence electrons. The number of aromatic nitrogens is 3. The second kappa shape index (κ2) is 9.82. The molecule has 2 unspecified atom stereocenters. The Morgan fingerprint density at radius 2 is 1.91 bits per heavy atom. The lowest BCUT2D eigenvalue weighted by atomic mass is 9.80. The van der Waals surface area contributed by atoms with Crippen LogP contribution in [0, 0.1) is 23.5 Å². The molecule has 0 saturated heterocycles. The van der Waals surface area contributed by atoms with Crippen LogP contribution in [-0.2, 0) is 6.54 Å². The van der Waals surface area contributed by atoms with E-state index in [1.165, 1.54) is 43.7 Å². The monoisotopic (exact) mass is 476 g/mol. The smallest absolute Gasteiger partial charge is 0.291 e. The Morgan fingerprint density at radius 3 is 2.69 bits per heavy atom. The van der Waals surface area contributed by atoms with E-state index in [2.05, 4.69) is 26.8 Å². The van der Waals surface area contributed by atoms with Crippen molar-refractivity contribution >= 4 is 11.6 Å². The van der Waals surface area contributed by atoms with Crippen molar-refractivity contribution in [3.63, 3.8) is 0 Å². The van der Waals surface area contributed by atoms with Crippen molar-refractivity contribution in [3.05, 3.63) is 78.6 Å². The second-order valence-electron chi connectivity index (χ2n) is 9.10. The molecule has 1 amide bonds. The molecule has 0 radical (unpaired) electrons. The van der Waals surface area contributed by atoms with Gasteiger partial charge in [-0.25, -0.2) is 13.8 Å². The van der Waals surface area contributed by atoms with E-state index >= 15 is 0 Å². The Labute approximate surface area is 202 Å². The minimum Gasteiger partial charge on any atom is -0.449 e. The normalized spacial score (nSPS) is 17.9. The summed E-state index contributed by atoms with van der Waals surface area (Å²) in [4.78, 5) is 21.1. The van der Waals surface area contributed by atoms with Crippen LogP contribution in [-0.4, -0.2) is 20.4 Å². The molecule has 1 N–H and O–H groups in total. The zero-order valence-corrected chi connectivity index (χ0v) is 19.4. The summed E-state index contributed by atoms with van der Waals surface area (Å²) in [6.07, 6.45) is 9.02. The van der Waals surface area contributed by atoms with Gasteiger partial charge in [-0.15, -0.1) is 0 Å². The standard InChI is InChI=1S/C27H26F2N4O2/c1-17-4-2-3-5-19(17)15-33-16-31-25(18-6-8-20(28)9-7-18)26(33)23-10-11-24(35-23)27(34)32-22-12-13-30-14-21(22)29/h6-14,16-17,19H,2-5,15H2,1H3,(H,30,32,34). The maximum Gasteiger partial charge on any atom is 0.291 e. The van der Waals surface area contributed by atoms with Gasteiger partial charge in [-0.3, -0.25) is 9.78 Å². The zero-order chi connectivity index (χ0) is 24.4. The fourth-order valence-corrected chi connectivity index (χ4v) is 4.76. The summed E-state index contributed by atoms with van der Waals surface area (Å²) >= 11 is 0. The number of amides is 1. The fraction of sp³-hybridized carbons (Fsp3) is 0.296. The van der Waals surface area contributed by atoms with E-state index < -0.39 is 11.7 Å². The van der Waals surface area contributed by atoms with Gasteiger partial charge in [0.15, 0.2) is 17.3 Å². The second-order valence-corrected chi connectivity index (χ2v) is 9.10. The first-order valence-corrected chi connectivity index (χ1v) is 11.8. The topological polar surface area (TPSA) is 73.0 Å². The molecule has 1 aromatic carbocycles. The summed E-state index contributed by atoms with van der Waals surface area (Å²) in [7, 11) is 0. The molecule has 3 heterocycles. The number of nitrogens with zero attached hydrogens (tertiary/aromatic N) is 3. The Bertz CT molecular complexity index is 1330. The first kappa shape index (κ1) is 23.0. The number of halogens is 2. The average Bonchev–Trinajstić information content (AvgIpc) is 3.50. The number of rotatable bonds is 6. The number of hydrogen-bond donors (Lipinski definition) is 1. The van der Waals surface area contributed by atoms with Gasteiger partial charge in [0.2, 0.25) is 0 Å². The van der Waals surface area contributed by atoms with Crippen LogP contribution in [0.1, 0.15) is 43.2 Å². The van der Waals surface area contributed by atoms with Gasteiger partial charge in [-0.05, 0) is 60.7 Å². The zero-order valence-electron chi connectivity index (χ0n) is 19.4. The SMILES string of the molecule is CC1CCCCC1Cn1cnc(-c2ccc(F)cc2)c1-c1ccc(C(=O)Nc2ccncc2F)o1. The number of imidazole rings is 1. The van der Waals surface area contributed by atoms with E-state index in [1.807, 2.05) is 0 Å². The predicted molar refractivity (Wildman–Crippen MR) is 129 cm³/mol. The fourth-order valence-electron chi connectivity index (χ4n) is 4.76. The van der Waals surface area contributed by atoms with Crippen molar-refractivity contribution in [1.29, 1.82) is 0 Å². The number of anilines is 1. The minimum atomic E-state index is -0.633. The van der Waals surface area contributed by atoms with E-state index in [9.17, 15) is 13.6 Å². The van der Waals surface area contributed by atoms with Crippen LogP contribution in [0.15, 0.2) is 65.6 Å². The Hall–Kier alpha value is -3.81. The van der Waals surface area contributed by atoms with E-state index in [1.54, 1.807) is 30.6 Å². The molecular weight excluding hydrogens is 450 g/mol. The van der Waals surface area contributed by atoms with Crippen molar-refractivity contribution in [1.82, 2.24) is 14.5 Å². The van der Waals surface area contributed by atoms with Gasteiger partial charge in [-0.1, -0.05) is 26.2 Å². The van der Waals surface area contributed by atoms with E-state index in [4.69, 9.17) is 4.42 Å². The Kier molecular flexibility index (Phi) is 6.44. The molecule has 1 fully saturated rings. The third kappa shape index (κ3) is 4.87. The summed E-state index contributed by atoms with van der Waals surface area (Å²) in [6.45, 7) is 3.06. The first-order chi connectivity index (χ1) is 17.0. The van der Waals surface area contributed by atoms with Gasteiger partial charge in [0.05, 0.1) is 23.9 Å². The van der Waals surface area contributed by atoms with Crippen LogP contribution in [0.25, 0.3) is 22.7 Å². The number of furan rings is 1. The molecule has 1 aliphatic carbocycles. The molecule has 1 aliphatic rings. The lowest BCUT2D eigenvalue weighted by Crippen LogP contribution is -2.22. The number of carbonyl (C=O) groups excluding carboxylic acids is 1. The Morgan fingerprint density at radius 1 is 1.11 bits per heavy atom. The van der Waals surface area contributed by atoms with Crippen LogP contribution in [0.4, 0.5) is 14.5 Å². The van der Waals surface area contributed by atoms with Crippen molar-refractivity contribution in [3.8, 4) is 22.7 Å². The van der Waals surface area contributed by atoms with E-state index in [0.29, 0.717) is 23.3 Å². The van der Waals surface area contributed by atoms with Gasteiger partial charge in [0, 0.05) is 18.3 Å². The molecule has 2 atom stereocenters. The van der Waals surface area contributed by atoms with E-state index in [0.717, 1.165) is 30.4 Å². The molecule has 8 heteroatoms. The van der Waals surface area contributed by atoms with Crippen LogP contribution in [0.3, 0.4) is 0 Å². The predicted octanol–water partition coefficient (Wildman–Crippen LogP) is 6.56. The van der Waals surface area contributed by atoms with Crippen LogP contribution >= 0.6 is 0 Å². The summed E-state index contributed by atoms with van der Waals surface area (Å²) in [5.74, 6) is 0.0749. The third-order valence-electron chi connectivity index (χ3n) is 6.76. The molecule has 6 nitrogen and oxygen atoms in total. The molecule has 3 aromatic heterocycles. The molecule has 4 aromatic rings. The molecule has 5 rings (SSSR count). The highest BCUT2D eigenvalue weighted by molar-refractivity contribution is 6.02. The van der Waals surface area contributed by atoms with Gasteiger partial charge in [0.25, 0.3) is 5.91 Å². The minimum absolute atomic E-state index is 0.0197. The number of hydrogen-bond acceptors (Lipinski definition) is 4. The van der Waals surface area contributed by atoms with Crippen LogP contribution < -0.4 is 5.32 Å². The quantitative estimate of drug-likeness (QED) is 0.342. The van der Waals surface area contributed by atoms with Crippen molar-refractivity contribution < 1.29 is 18.0 Å². The highest BCUT2D eigenvalue weighted by atomic mass is 19.1. The van der Waals surface area contributed by atoms with Gasteiger partial charge < -0.3 is 14.3 Å².